The van der Waals surface area contributed by atoms with Crippen LogP contribution in [-0.2, 0) is 0 Å². The van der Waals surface area contributed by atoms with Gasteiger partial charge in [0, 0.05) is 19.0 Å². The Bertz CT molecular complexity index is 1050. The molecule has 2 heterocycles. The third-order valence-electron chi connectivity index (χ3n) is 5.24. The molecule has 0 saturated carbocycles. The van der Waals surface area contributed by atoms with Crippen LogP contribution in [0.5, 0.6) is 0 Å². The quantitative estimate of drug-likeness (QED) is 0.736. The van der Waals surface area contributed by atoms with E-state index >= 15 is 0 Å². The number of aromatic nitrogens is 3. The first kappa shape index (κ1) is 18.5. The maximum atomic E-state index is 12.8. The maximum Gasteiger partial charge on any atom is 0.347 e. The maximum absolute atomic E-state index is 12.8. The molecule has 1 aliphatic rings. The molecule has 0 atom stereocenters. The third kappa shape index (κ3) is 3.47. The average Bonchev–Trinajstić information content (AvgIpc) is 3.10. The van der Waals surface area contributed by atoms with Crippen molar-refractivity contribution in [3.63, 3.8) is 0 Å². The van der Waals surface area contributed by atoms with Crippen LogP contribution in [0.25, 0.3) is 5.69 Å². The van der Waals surface area contributed by atoms with Crippen molar-refractivity contribution in [1.29, 1.82) is 0 Å². The summed E-state index contributed by atoms with van der Waals surface area (Å²) in [5, 5.41) is 7.32. The zero-order valence-electron chi connectivity index (χ0n) is 15.6. The van der Waals surface area contributed by atoms with Gasteiger partial charge in [0.25, 0.3) is 5.91 Å². The fraction of sp³-hybridized carbons (Fsp3) is 0.286. The van der Waals surface area contributed by atoms with E-state index in [0.717, 1.165) is 29.9 Å². The van der Waals surface area contributed by atoms with Gasteiger partial charge in [-0.3, -0.25) is 4.79 Å². The smallest absolute Gasteiger partial charge is 0.339 e. The molecule has 1 amide bonds. The normalized spacial score (nSPS) is 15.0. The van der Waals surface area contributed by atoms with Crippen molar-refractivity contribution in [3.05, 3.63) is 81.0 Å². The Morgan fingerprint density at radius 3 is 2.46 bits per heavy atom. The number of piperidine rings is 1. The molecule has 6 nitrogen and oxygen atoms in total. The number of H-pyrrole nitrogens is 1. The first-order valence-corrected chi connectivity index (χ1v) is 9.70. The number of likely N-dealkylation sites (tertiary alicyclic amines) is 1. The summed E-state index contributed by atoms with van der Waals surface area (Å²) in [6, 6.07) is 14.9. The van der Waals surface area contributed by atoms with Gasteiger partial charge < -0.3 is 4.90 Å². The van der Waals surface area contributed by atoms with Crippen LogP contribution in [0.1, 0.15) is 40.5 Å². The van der Waals surface area contributed by atoms with E-state index in [1.54, 1.807) is 16.7 Å². The highest BCUT2D eigenvalue weighted by atomic mass is 35.5. The van der Waals surface area contributed by atoms with Gasteiger partial charge in [0.05, 0.1) is 16.3 Å². The molecule has 1 N–H and O–H groups in total. The number of amides is 1. The summed E-state index contributed by atoms with van der Waals surface area (Å²) in [5.74, 6) is 0.774. The van der Waals surface area contributed by atoms with Gasteiger partial charge >= 0.3 is 5.69 Å². The Morgan fingerprint density at radius 2 is 1.79 bits per heavy atom. The summed E-state index contributed by atoms with van der Waals surface area (Å²) in [6.07, 6.45) is 1.48. The lowest BCUT2D eigenvalue weighted by Gasteiger charge is -2.31. The van der Waals surface area contributed by atoms with Crippen LogP contribution in [0.4, 0.5) is 0 Å². The standard InChI is InChI=1S/C21H21ClN4O2/c1-14-6-8-16(9-7-14)26-19(23-24-21(26)28)15-10-12-25(13-11-15)20(27)17-4-2-3-5-18(17)22/h2-9,15H,10-13H2,1H3,(H,24,28). The second kappa shape index (κ2) is 7.64. The van der Waals surface area contributed by atoms with Gasteiger partial charge in [0.15, 0.2) is 0 Å². The van der Waals surface area contributed by atoms with E-state index in [4.69, 9.17) is 11.6 Å². The number of benzene rings is 2. The zero-order chi connectivity index (χ0) is 19.7. The summed E-state index contributed by atoms with van der Waals surface area (Å²) >= 11 is 6.17. The van der Waals surface area contributed by atoms with Crippen molar-refractivity contribution in [3.8, 4) is 5.69 Å². The summed E-state index contributed by atoms with van der Waals surface area (Å²) < 4.78 is 1.63. The number of carbonyl (C=O) groups is 1. The van der Waals surface area contributed by atoms with Crippen molar-refractivity contribution in [2.45, 2.75) is 25.7 Å². The SMILES string of the molecule is Cc1ccc(-n2c(C3CCN(C(=O)c4ccccc4Cl)CC3)n[nH]c2=O)cc1. The summed E-state index contributed by atoms with van der Waals surface area (Å²) in [4.78, 5) is 26.9. The molecule has 4 rings (SSSR count). The minimum atomic E-state index is -0.242. The second-order valence-corrected chi connectivity index (χ2v) is 7.51. The molecule has 28 heavy (non-hydrogen) atoms. The van der Waals surface area contributed by atoms with Crippen LogP contribution in [0.15, 0.2) is 53.3 Å². The molecule has 1 aromatic heterocycles. The fourth-order valence-electron chi connectivity index (χ4n) is 3.67. The van der Waals surface area contributed by atoms with E-state index in [9.17, 15) is 9.59 Å². The van der Waals surface area contributed by atoms with E-state index in [-0.39, 0.29) is 17.5 Å². The molecule has 7 heteroatoms. The van der Waals surface area contributed by atoms with E-state index in [0.29, 0.717) is 23.7 Å². The summed E-state index contributed by atoms with van der Waals surface area (Å²) in [5.41, 5.74) is 2.22. The number of nitrogens with zero attached hydrogens (tertiary/aromatic N) is 3. The molecular weight excluding hydrogens is 376 g/mol. The largest absolute Gasteiger partial charge is 0.347 e. The van der Waals surface area contributed by atoms with Crippen LogP contribution in [-0.4, -0.2) is 38.7 Å². The number of hydrogen-bond donors (Lipinski definition) is 1. The van der Waals surface area contributed by atoms with Crippen molar-refractivity contribution in [2.75, 3.05) is 13.1 Å². The van der Waals surface area contributed by atoms with Crippen LogP contribution in [0, 0.1) is 6.92 Å². The Labute approximate surface area is 167 Å². The van der Waals surface area contributed by atoms with Crippen molar-refractivity contribution in [2.24, 2.45) is 0 Å². The molecule has 0 spiro atoms. The zero-order valence-corrected chi connectivity index (χ0v) is 16.3. The number of aromatic amines is 1. The Morgan fingerprint density at radius 1 is 1.11 bits per heavy atom. The molecule has 1 saturated heterocycles. The van der Waals surface area contributed by atoms with Gasteiger partial charge in [0.1, 0.15) is 5.82 Å². The first-order chi connectivity index (χ1) is 13.5. The van der Waals surface area contributed by atoms with Crippen molar-refractivity contribution >= 4 is 17.5 Å². The molecule has 144 valence electrons. The highest BCUT2D eigenvalue weighted by Crippen LogP contribution is 2.29. The Balaban J connectivity index is 1.52. The fourth-order valence-corrected chi connectivity index (χ4v) is 3.89. The number of carbonyl (C=O) groups excluding carboxylic acids is 1. The molecular formula is C21H21ClN4O2. The molecule has 0 radical (unpaired) electrons. The van der Waals surface area contributed by atoms with E-state index in [1.807, 2.05) is 48.2 Å². The van der Waals surface area contributed by atoms with Gasteiger partial charge in [0.2, 0.25) is 0 Å². The van der Waals surface area contributed by atoms with Crippen LogP contribution in [0.2, 0.25) is 5.02 Å². The van der Waals surface area contributed by atoms with Gasteiger partial charge in [-0.15, -0.1) is 0 Å². The van der Waals surface area contributed by atoms with Crippen LogP contribution < -0.4 is 5.69 Å². The molecule has 0 bridgehead atoms. The number of halogens is 1. The van der Waals surface area contributed by atoms with Crippen molar-refractivity contribution < 1.29 is 4.79 Å². The molecule has 0 aliphatic carbocycles. The van der Waals surface area contributed by atoms with Crippen molar-refractivity contribution in [1.82, 2.24) is 19.7 Å². The Hall–Kier alpha value is -2.86. The first-order valence-electron chi connectivity index (χ1n) is 9.33. The second-order valence-electron chi connectivity index (χ2n) is 7.10. The highest BCUT2D eigenvalue weighted by Gasteiger charge is 2.29. The molecule has 1 aliphatic heterocycles. The number of aryl methyl sites for hydroxylation is 1. The topological polar surface area (TPSA) is 71.0 Å². The lowest BCUT2D eigenvalue weighted by molar-refractivity contribution is 0.0711. The molecule has 2 aromatic carbocycles. The highest BCUT2D eigenvalue weighted by molar-refractivity contribution is 6.33. The predicted molar refractivity (Wildman–Crippen MR) is 108 cm³/mol. The van der Waals surface area contributed by atoms with Gasteiger partial charge in [-0.25, -0.2) is 14.5 Å². The minimum Gasteiger partial charge on any atom is -0.339 e. The van der Waals surface area contributed by atoms with E-state index < -0.39 is 0 Å². The predicted octanol–water partition coefficient (Wildman–Crippen LogP) is 3.54. The molecule has 1 fully saturated rings. The summed E-state index contributed by atoms with van der Waals surface area (Å²) in [6.45, 7) is 3.21. The minimum absolute atomic E-state index is 0.0537. The lowest BCUT2D eigenvalue weighted by atomic mass is 9.95. The number of rotatable bonds is 3. The summed E-state index contributed by atoms with van der Waals surface area (Å²) in [7, 11) is 0. The number of hydrogen-bond acceptors (Lipinski definition) is 3. The monoisotopic (exact) mass is 396 g/mol. The van der Waals surface area contributed by atoms with Gasteiger partial charge in [-0.1, -0.05) is 41.4 Å². The molecule has 3 aromatic rings. The van der Waals surface area contributed by atoms with Crippen LogP contribution >= 0.6 is 11.6 Å². The lowest BCUT2D eigenvalue weighted by Crippen LogP contribution is -2.38. The molecule has 0 unspecified atom stereocenters. The van der Waals surface area contributed by atoms with E-state index in [1.165, 1.54) is 0 Å². The average molecular weight is 397 g/mol. The third-order valence-corrected chi connectivity index (χ3v) is 5.57. The number of nitrogens with one attached hydrogen (secondary N) is 1. The van der Waals surface area contributed by atoms with Gasteiger partial charge in [-0.2, -0.15) is 5.10 Å². The van der Waals surface area contributed by atoms with E-state index in [2.05, 4.69) is 10.2 Å². The van der Waals surface area contributed by atoms with Gasteiger partial charge in [-0.05, 0) is 44.0 Å². The Kier molecular flexibility index (Phi) is 5.05. The van der Waals surface area contributed by atoms with Crippen LogP contribution in [0.3, 0.4) is 0 Å².